The van der Waals surface area contributed by atoms with Crippen molar-refractivity contribution in [2.24, 2.45) is 5.92 Å². The molecule has 0 spiro atoms. The molecule has 6 heteroatoms. The van der Waals surface area contributed by atoms with E-state index in [1.807, 2.05) is 7.05 Å². The van der Waals surface area contributed by atoms with Gasteiger partial charge >= 0.3 is 5.97 Å². The third kappa shape index (κ3) is 13.5. The minimum atomic E-state index is -3.02. The lowest BCUT2D eigenvalue weighted by Crippen LogP contribution is -2.44. The zero-order valence-electron chi connectivity index (χ0n) is 20.7. The van der Waals surface area contributed by atoms with Crippen LogP contribution >= 0.6 is 0 Å². The van der Waals surface area contributed by atoms with Crippen LogP contribution in [0, 0.1) is 18.3 Å². The molecule has 2 atom stereocenters. The Morgan fingerprint density at radius 3 is 2.12 bits per heavy atom. The predicted molar refractivity (Wildman–Crippen MR) is 133 cm³/mol. The molecule has 0 unspecified atom stereocenters. The number of cyclic esters (lactones) is 1. The summed E-state index contributed by atoms with van der Waals surface area (Å²) in [4.78, 5) is 14.0. The highest BCUT2D eigenvalue weighted by Gasteiger charge is 2.40. The summed E-state index contributed by atoms with van der Waals surface area (Å²) in [7, 11) is -1.02. The van der Waals surface area contributed by atoms with Crippen LogP contribution in [0.3, 0.4) is 0 Å². The Balaban J connectivity index is 2.08. The Bertz CT molecular complexity index is 641. The lowest BCUT2D eigenvalue weighted by Gasteiger charge is -2.35. The van der Waals surface area contributed by atoms with Gasteiger partial charge in [0.05, 0.1) is 17.4 Å². The highest BCUT2D eigenvalue weighted by molar-refractivity contribution is 7.91. The highest BCUT2D eigenvalue weighted by atomic mass is 32.2. The Hall–Kier alpha value is -1.06. The molecule has 0 amide bonds. The van der Waals surface area contributed by atoms with Crippen LogP contribution in [0.4, 0.5) is 0 Å². The highest BCUT2D eigenvalue weighted by Crippen LogP contribution is 2.31. The molecule has 0 aromatic rings. The van der Waals surface area contributed by atoms with Crippen molar-refractivity contribution in [3.8, 4) is 12.3 Å². The van der Waals surface area contributed by atoms with Gasteiger partial charge in [-0.1, -0.05) is 58.3 Å². The number of esters is 1. The quantitative estimate of drug-likeness (QED) is 0.128. The van der Waals surface area contributed by atoms with Crippen molar-refractivity contribution in [3.63, 3.8) is 0 Å². The third-order valence-electron chi connectivity index (χ3n) is 6.44. The summed E-state index contributed by atoms with van der Waals surface area (Å²) < 4.78 is 29.9. The van der Waals surface area contributed by atoms with Crippen LogP contribution in [-0.4, -0.2) is 57.0 Å². The molecule has 0 bridgehead atoms. The van der Waals surface area contributed by atoms with Crippen molar-refractivity contribution in [3.05, 3.63) is 0 Å². The fourth-order valence-electron chi connectivity index (χ4n) is 4.35. The molecule has 0 aromatic heterocycles. The normalized spacial score (nSPS) is 18.4. The molecular weight excluding hydrogens is 422 g/mol. The van der Waals surface area contributed by atoms with Crippen molar-refractivity contribution >= 4 is 15.8 Å². The van der Waals surface area contributed by atoms with Gasteiger partial charge in [0.25, 0.3) is 0 Å². The fourth-order valence-corrected chi connectivity index (χ4v) is 5.76. The predicted octanol–water partition coefficient (Wildman–Crippen LogP) is 5.38. The first-order chi connectivity index (χ1) is 15.4. The van der Waals surface area contributed by atoms with Gasteiger partial charge in [-0.15, -0.1) is 12.3 Å². The van der Waals surface area contributed by atoms with E-state index in [0.29, 0.717) is 12.8 Å². The van der Waals surface area contributed by atoms with Crippen molar-refractivity contribution in [1.82, 2.24) is 4.90 Å². The van der Waals surface area contributed by atoms with Crippen LogP contribution in [0.5, 0.6) is 0 Å². The molecule has 0 aromatic carbocycles. The summed E-state index contributed by atoms with van der Waals surface area (Å²) in [6, 6.07) is 0. The molecule has 186 valence electrons. The molecule has 0 radical (unpaired) electrons. The van der Waals surface area contributed by atoms with Crippen LogP contribution < -0.4 is 0 Å². The molecule has 1 aliphatic rings. The number of rotatable bonds is 21. The summed E-state index contributed by atoms with van der Waals surface area (Å²) in [6.07, 6.45) is 21.0. The lowest BCUT2D eigenvalue weighted by molar-refractivity contribution is -0.186. The maximum absolute atomic E-state index is 12.3. The number of terminal acetylenes is 1. The Morgan fingerprint density at radius 2 is 1.47 bits per heavy atom. The molecule has 1 rings (SSSR count). The minimum Gasteiger partial charge on any atom is -0.461 e. The van der Waals surface area contributed by atoms with Gasteiger partial charge in [-0.25, -0.2) is 8.42 Å². The number of hydrogen-bond donors (Lipinski definition) is 0. The summed E-state index contributed by atoms with van der Waals surface area (Å²) in [5.74, 6) is 2.97. The van der Waals surface area contributed by atoms with Gasteiger partial charge in [-0.2, -0.15) is 0 Å². The number of carbonyl (C=O) groups is 1. The largest absolute Gasteiger partial charge is 0.461 e. The number of sulfone groups is 1. The van der Waals surface area contributed by atoms with Gasteiger partial charge in [0, 0.05) is 6.42 Å². The third-order valence-corrected chi connectivity index (χ3v) is 8.26. The van der Waals surface area contributed by atoms with Crippen LogP contribution in [0.2, 0.25) is 0 Å². The van der Waals surface area contributed by atoms with E-state index in [2.05, 4.69) is 17.7 Å². The van der Waals surface area contributed by atoms with Gasteiger partial charge in [-0.05, 0) is 58.7 Å². The summed E-state index contributed by atoms with van der Waals surface area (Å²) >= 11 is 0. The van der Waals surface area contributed by atoms with E-state index in [9.17, 15) is 13.2 Å². The minimum absolute atomic E-state index is 0.0149. The zero-order valence-corrected chi connectivity index (χ0v) is 21.5. The number of unbranched alkanes of at least 4 members (excludes halogenated alkanes) is 9. The Morgan fingerprint density at radius 1 is 0.875 bits per heavy atom. The summed E-state index contributed by atoms with van der Waals surface area (Å²) in [5.41, 5.74) is 0. The molecule has 5 nitrogen and oxygen atoms in total. The van der Waals surface area contributed by atoms with Gasteiger partial charge in [0.2, 0.25) is 0 Å². The lowest BCUT2D eigenvalue weighted by atomic mass is 9.88. The second-order valence-corrected chi connectivity index (χ2v) is 11.8. The second kappa shape index (κ2) is 17.4. The maximum atomic E-state index is 12.3. The Labute approximate surface area is 198 Å². The van der Waals surface area contributed by atoms with Gasteiger partial charge in [0.15, 0.2) is 0 Å². The van der Waals surface area contributed by atoms with Gasteiger partial charge in [0.1, 0.15) is 15.9 Å². The first-order valence-electron chi connectivity index (χ1n) is 12.9. The van der Waals surface area contributed by atoms with E-state index in [4.69, 9.17) is 11.2 Å². The average Bonchev–Trinajstić information content (AvgIpc) is 2.74. The van der Waals surface area contributed by atoms with Gasteiger partial charge < -0.3 is 9.64 Å². The van der Waals surface area contributed by atoms with Crippen molar-refractivity contribution in [2.45, 2.75) is 109 Å². The van der Waals surface area contributed by atoms with E-state index in [0.717, 1.165) is 51.6 Å². The standard InChI is InChI=1S/C26H47NO4S/c1-4-6-8-9-10-11-12-13-19-25-24(26(28)31-25)18-14-16-22-32(29,30)23-17-21-27(3)20-15-7-5-2/h2,24-25H,4,6-23H2,1,3H3/t24-,25-/m0/s1. The molecule has 1 saturated heterocycles. The van der Waals surface area contributed by atoms with Crippen LogP contribution in [0.25, 0.3) is 0 Å². The monoisotopic (exact) mass is 469 g/mol. The van der Waals surface area contributed by atoms with E-state index in [1.54, 1.807) is 0 Å². The molecule has 0 N–H and O–H groups in total. The molecule has 1 aliphatic heterocycles. The van der Waals surface area contributed by atoms with E-state index >= 15 is 0 Å². The molecular formula is C26H47NO4S. The van der Waals surface area contributed by atoms with Gasteiger partial charge in [-0.3, -0.25) is 4.79 Å². The number of ether oxygens (including phenoxy) is 1. The maximum Gasteiger partial charge on any atom is 0.313 e. The molecule has 1 heterocycles. The van der Waals surface area contributed by atoms with Crippen LogP contribution in [0.15, 0.2) is 0 Å². The number of hydrogen-bond acceptors (Lipinski definition) is 5. The molecule has 32 heavy (non-hydrogen) atoms. The topological polar surface area (TPSA) is 63.7 Å². The average molecular weight is 470 g/mol. The summed E-state index contributed by atoms with van der Waals surface area (Å²) in [6.45, 7) is 3.92. The van der Waals surface area contributed by atoms with E-state index in [1.165, 1.54) is 44.9 Å². The molecule has 0 aliphatic carbocycles. The first kappa shape index (κ1) is 29.0. The van der Waals surface area contributed by atoms with Crippen molar-refractivity contribution in [1.29, 1.82) is 0 Å². The van der Waals surface area contributed by atoms with Crippen molar-refractivity contribution < 1.29 is 17.9 Å². The van der Waals surface area contributed by atoms with E-state index in [-0.39, 0.29) is 29.5 Å². The number of nitrogens with zero attached hydrogens (tertiary/aromatic N) is 1. The van der Waals surface area contributed by atoms with Crippen LogP contribution in [-0.2, 0) is 19.4 Å². The molecule has 1 fully saturated rings. The number of carbonyl (C=O) groups excluding carboxylic acids is 1. The van der Waals surface area contributed by atoms with Crippen LogP contribution in [0.1, 0.15) is 103 Å². The summed E-state index contributed by atoms with van der Waals surface area (Å²) in [5, 5.41) is 0. The molecule has 0 saturated carbocycles. The SMILES string of the molecule is C#CCCCN(C)CCCS(=O)(=O)CCCC[C@@H]1C(=O)O[C@H]1CCCCCCCCCC. The Kier molecular flexibility index (Phi) is 15.8. The smallest absolute Gasteiger partial charge is 0.313 e. The fraction of sp³-hybridized carbons (Fsp3) is 0.885. The van der Waals surface area contributed by atoms with Crippen molar-refractivity contribution in [2.75, 3.05) is 31.6 Å². The zero-order chi connectivity index (χ0) is 23.7. The second-order valence-electron chi connectivity index (χ2n) is 9.46. The first-order valence-corrected chi connectivity index (χ1v) is 14.7. The van der Waals surface area contributed by atoms with E-state index < -0.39 is 9.84 Å².